The average molecular weight is 382 g/mol. The standard InChI is InChI=1S/C11H18N4OS.HI/c1-8-6-15(3-4-16-8)11(12)13-5-10-9(2)14-7-17-10;/h7-8H,3-6H2,1-2H3,(H2,12,13);1H. The molecule has 1 aliphatic rings. The van der Waals surface area contributed by atoms with Gasteiger partial charge in [-0.1, -0.05) is 0 Å². The number of aryl methyl sites for hydroxylation is 1. The number of nitrogens with zero attached hydrogens (tertiary/aromatic N) is 3. The number of aliphatic imine (C=N–C) groups is 1. The maximum atomic E-state index is 5.98. The summed E-state index contributed by atoms with van der Waals surface area (Å²) in [4.78, 5) is 11.9. The van der Waals surface area contributed by atoms with Crippen LogP contribution in [0.4, 0.5) is 0 Å². The second-order valence-corrected chi connectivity index (χ2v) is 5.10. The topological polar surface area (TPSA) is 63.7 Å². The van der Waals surface area contributed by atoms with E-state index in [1.54, 1.807) is 11.3 Å². The van der Waals surface area contributed by atoms with Crippen LogP contribution in [0.3, 0.4) is 0 Å². The van der Waals surface area contributed by atoms with E-state index in [1.807, 2.05) is 19.4 Å². The Morgan fingerprint density at radius 2 is 2.50 bits per heavy atom. The third-order valence-corrected chi connectivity index (χ3v) is 3.71. The van der Waals surface area contributed by atoms with Crippen LogP contribution in [0.25, 0.3) is 0 Å². The summed E-state index contributed by atoms with van der Waals surface area (Å²) in [6.45, 7) is 7.02. The van der Waals surface area contributed by atoms with E-state index < -0.39 is 0 Å². The van der Waals surface area contributed by atoms with Crippen molar-refractivity contribution in [3.05, 3.63) is 16.1 Å². The number of thiazole rings is 1. The Morgan fingerprint density at radius 3 is 3.11 bits per heavy atom. The third kappa shape index (κ3) is 4.06. The predicted molar refractivity (Wildman–Crippen MR) is 84.6 cm³/mol. The maximum Gasteiger partial charge on any atom is 0.191 e. The van der Waals surface area contributed by atoms with E-state index >= 15 is 0 Å². The first-order chi connectivity index (χ1) is 8.16. The first-order valence-electron chi connectivity index (χ1n) is 5.72. The number of aromatic nitrogens is 1. The summed E-state index contributed by atoms with van der Waals surface area (Å²) in [7, 11) is 0. The molecular weight excluding hydrogens is 363 g/mol. The number of morpholine rings is 1. The van der Waals surface area contributed by atoms with Gasteiger partial charge in [-0.3, -0.25) is 0 Å². The molecule has 1 saturated heterocycles. The molecule has 1 aromatic heterocycles. The molecule has 2 rings (SSSR count). The minimum Gasteiger partial charge on any atom is -0.375 e. The zero-order valence-corrected chi connectivity index (χ0v) is 13.8. The van der Waals surface area contributed by atoms with Crippen LogP contribution >= 0.6 is 35.3 Å². The molecule has 1 aromatic rings. The van der Waals surface area contributed by atoms with Crippen LogP contribution in [0.2, 0.25) is 0 Å². The van der Waals surface area contributed by atoms with Crippen LogP contribution < -0.4 is 5.73 Å². The molecule has 102 valence electrons. The van der Waals surface area contributed by atoms with Gasteiger partial charge in [0.25, 0.3) is 0 Å². The quantitative estimate of drug-likeness (QED) is 0.480. The van der Waals surface area contributed by atoms with Crippen molar-refractivity contribution in [1.82, 2.24) is 9.88 Å². The summed E-state index contributed by atoms with van der Waals surface area (Å²) in [5.74, 6) is 0.605. The van der Waals surface area contributed by atoms with Crippen molar-refractivity contribution < 1.29 is 4.74 Å². The molecule has 1 unspecified atom stereocenters. The van der Waals surface area contributed by atoms with Crippen molar-refractivity contribution >= 4 is 41.3 Å². The predicted octanol–water partition coefficient (Wildman–Crippen LogP) is 1.60. The number of rotatable bonds is 2. The lowest BCUT2D eigenvalue weighted by Crippen LogP contribution is -2.47. The van der Waals surface area contributed by atoms with Crippen molar-refractivity contribution in [2.24, 2.45) is 10.7 Å². The lowest BCUT2D eigenvalue weighted by Gasteiger charge is -2.31. The Labute approximate surface area is 128 Å². The smallest absolute Gasteiger partial charge is 0.191 e. The molecule has 0 aromatic carbocycles. The van der Waals surface area contributed by atoms with Crippen LogP contribution in [-0.4, -0.2) is 41.6 Å². The summed E-state index contributed by atoms with van der Waals surface area (Å²) in [5, 5.41) is 0. The van der Waals surface area contributed by atoms with E-state index in [2.05, 4.69) is 14.9 Å². The molecule has 0 saturated carbocycles. The fourth-order valence-electron chi connectivity index (χ4n) is 1.76. The molecule has 0 radical (unpaired) electrons. The third-order valence-electron chi connectivity index (χ3n) is 2.79. The Bertz CT molecular complexity index is 410. The van der Waals surface area contributed by atoms with Crippen molar-refractivity contribution in [2.45, 2.75) is 26.5 Å². The molecule has 0 amide bonds. The van der Waals surface area contributed by atoms with Gasteiger partial charge in [-0.25, -0.2) is 9.98 Å². The number of guanidine groups is 1. The van der Waals surface area contributed by atoms with Crippen molar-refractivity contribution in [2.75, 3.05) is 19.7 Å². The fraction of sp³-hybridized carbons (Fsp3) is 0.636. The Hall–Kier alpha value is -0.410. The average Bonchev–Trinajstić information content (AvgIpc) is 2.72. The summed E-state index contributed by atoms with van der Waals surface area (Å²) in [5.41, 5.74) is 8.87. The van der Waals surface area contributed by atoms with Gasteiger partial charge in [0, 0.05) is 18.0 Å². The first-order valence-corrected chi connectivity index (χ1v) is 6.60. The molecule has 1 fully saturated rings. The van der Waals surface area contributed by atoms with Gasteiger partial charge < -0.3 is 15.4 Å². The highest BCUT2D eigenvalue weighted by Gasteiger charge is 2.17. The highest BCUT2D eigenvalue weighted by molar-refractivity contribution is 14.0. The second kappa shape index (κ2) is 7.25. The summed E-state index contributed by atoms with van der Waals surface area (Å²) in [6, 6.07) is 0. The SMILES string of the molecule is Cc1ncsc1CN=C(N)N1CCOC(C)C1.I. The van der Waals surface area contributed by atoms with Crippen LogP contribution in [0.15, 0.2) is 10.5 Å². The van der Waals surface area contributed by atoms with E-state index in [-0.39, 0.29) is 30.1 Å². The van der Waals surface area contributed by atoms with Gasteiger partial charge in [0.2, 0.25) is 0 Å². The first kappa shape index (κ1) is 15.6. The number of hydrogen-bond acceptors (Lipinski definition) is 4. The minimum absolute atomic E-state index is 0. The molecule has 1 atom stereocenters. The van der Waals surface area contributed by atoms with Gasteiger partial charge >= 0.3 is 0 Å². The normalized spacial score (nSPS) is 20.7. The molecule has 1 aliphatic heterocycles. The molecule has 18 heavy (non-hydrogen) atoms. The van der Waals surface area contributed by atoms with E-state index in [9.17, 15) is 0 Å². The Morgan fingerprint density at radius 1 is 1.72 bits per heavy atom. The number of nitrogens with two attached hydrogens (primary N) is 1. The number of hydrogen-bond donors (Lipinski definition) is 1. The number of ether oxygens (including phenoxy) is 1. The lowest BCUT2D eigenvalue weighted by molar-refractivity contribution is 0.00529. The molecule has 7 heteroatoms. The maximum absolute atomic E-state index is 5.98. The zero-order valence-electron chi connectivity index (χ0n) is 10.6. The van der Waals surface area contributed by atoms with Gasteiger partial charge in [0.05, 0.1) is 30.5 Å². The van der Waals surface area contributed by atoms with Crippen LogP contribution in [-0.2, 0) is 11.3 Å². The van der Waals surface area contributed by atoms with E-state index in [0.717, 1.165) is 25.4 Å². The van der Waals surface area contributed by atoms with E-state index in [1.165, 1.54) is 4.88 Å². The highest BCUT2D eigenvalue weighted by Crippen LogP contribution is 2.13. The highest BCUT2D eigenvalue weighted by atomic mass is 127. The van der Waals surface area contributed by atoms with Crippen molar-refractivity contribution in [3.8, 4) is 0 Å². The van der Waals surface area contributed by atoms with Gasteiger partial charge in [0.15, 0.2) is 5.96 Å². The van der Waals surface area contributed by atoms with Crippen molar-refractivity contribution in [1.29, 1.82) is 0 Å². The van der Waals surface area contributed by atoms with Gasteiger partial charge in [-0.05, 0) is 13.8 Å². The molecule has 0 spiro atoms. The molecule has 2 heterocycles. The Balaban J connectivity index is 0.00000162. The second-order valence-electron chi connectivity index (χ2n) is 4.16. The van der Waals surface area contributed by atoms with Crippen LogP contribution in [0, 0.1) is 6.92 Å². The molecule has 5 nitrogen and oxygen atoms in total. The summed E-state index contributed by atoms with van der Waals surface area (Å²) in [6.07, 6.45) is 0.225. The molecule has 0 aliphatic carbocycles. The van der Waals surface area contributed by atoms with E-state index in [0.29, 0.717) is 12.5 Å². The van der Waals surface area contributed by atoms with Gasteiger partial charge in [-0.15, -0.1) is 35.3 Å². The number of halogens is 1. The van der Waals surface area contributed by atoms with Gasteiger partial charge in [-0.2, -0.15) is 0 Å². The summed E-state index contributed by atoms with van der Waals surface area (Å²) < 4.78 is 5.47. The van der Waals surface area contributed by atoms with Crippen LogP contribution in [0.5, 0.6) is 0 Å². The molecule has 0 bridgehead atoms. The van der Waals surface area contributed by atoms with Crippen molar-refractivity contribution in [3.63, 3.8) is 0 Å². The summed E-state index contributed by atoms with van der Waals surface area (Å²) >= 11 is 1.62. The van der Waals surface area contributed by atoms with Crippen LogP contribution in [0.1, 0.15) is 17.5 Å². The minimum atomic E-state index is 0. The van der Waals surface area contributed by atoms with Gasteiger partial charge in [0.1, 0.15) is 0 Å². The zero-order chi connectivity index (χ0) is 12.3. The molecular formula is C11H19IN4OS. The molecule has 2 N–H and O–H groups in total. The Kier molecular flexibility index (Phi) is 6.30. The monoisotopic (exact) mass is 382 g/mol. The fourth-order valence-corrected chi connectivity index (χ4v) is 2.46. The lowest BCUT2D eigenvalue weighted by atomic mass is 10.3. The van der Waals surface area contributed by atoms with E-state index in [4.69, 9.17) is 10.5 Å². The largest absolute Gasteiger partial charge is 0.375 e.